The van der Waals surface area contributed by atoms with E-state index in [1.54, 1.807) is 6.07 Å². The van der Waals surface area contributed by atoms with Gasteiger partial charge in [0.1, 0.15) is 0 Å². The lowest BCUT2D eigenvalue weighted by Crippen LogP contribution is -2.30. The standard InChI is InChI=1S/C9H4BrClN2O3/c10-4-1-2-6(5(11)3-4)13-8(15)7(14)12-9(13)16/h1-3H,(H,12,14,16). The van der Waals surface area contributed by atoms with Crippen LogP contribution in [0.4, 0.5) is 10.5 Å². The predicted molar refractivity (Wildman–Crippen MR) is 60.2 cm³/mol. The fraction of sp³-hybridized carbons (Fsp3) is 0. The van der Waals surface area contributed by atoms with Crippen molar-refractivity contribution >= 4 is 51.1 Å². The number of urea groups is 1. The number of carbonyl (C=O) groups is 3. The Morgan fingerprint density at radius 2 is 1.94 bits per heavy atom. The highest BCUT2D eigenvalue weighted by Crippen LogP contribution is 2.30. The van der Waals surface area contributed by atoms with E-state index in [0.717, 1.165) is 0 Å². The highest BCUT2D eigenvalue weighted by Gasteiger charge is 2.38. The topological polar surface area (TPSA) is 66.5 Å². The van der Waals surface area contributed by atoms with E-state index in [1.807, 2.05) is 5.32 Å². The number of nitrogens with zero attached hydrogens (tertiary/aromatic N) is 1. The van der Waals surface area contributed by atoms with E-state index in [9.17, 15) is 14.4 Å². The van der Waals surface area contributed by atoms with Crippen LogP contribution in [0.3, 0.4) is 0 Å². The number of hydrogen-bond acceptors (Lipinski definition) is 3. The van der Waals surface area contributed by atoms with Crippen molar-refractivity contribution in [1.29, 1.82) is 0 Å². The number of rotatable bonds is 1. The molecule has 0 bridgehead atoms. The third-order valence-corrected chi connectivity index (χ3v) is 2.77. The molecule has 0 atom stereocenters. The van der Waals surface area contributed by atoms with Gasteiger partial charge in [0, 0.05) is 4.47 Å². The Hall–Kier alpha value is -1.40. The van der Waals surface area contributed by atoms with Crippen LogP contribution in [0.1, 0.15) is 0 Å². The molecule has 0 spiro atoms. The van der Waals surface area contributed by atoms with Gasteiger partial charge in [0.2, 0.25) is 0 Å². The average molecular weight is 303 g/mol. The monoisotopic (exact) mass is 302 g/mol. The molecule has 0 aromatic heterocycles. The molecule has 1 aliphatic rings. The molecule has 16 heavy (non-hydrogen) atoms. The summed E-state index contributed by atoms with van der Waals surface area (Å²) >= 11 is 9.06. The molecular weight excluding hydrogens is 299 g/mol. The normalized spacial score (nSPS) is 15.6. The first-order valence-corrected chi connectivity index (χ1v) is 5.32. The van der Waals surface area contributed by atoms with Gasteiger partial charge in [-0.05, 0) is 18.2 Å². The van der Waals surface area contributed by atoms with Crippen LogP contribution in [-0.4, -0.2) is 17.8 Å². The first-order chi connectivity index (χ1) is 7.50. The van der Waals surface area contributed by atoms with E-state index in [0.29, 0.717) is 9.37 Å². The second-order valence-electron chi connectivity index (χ2n) is 3.00. The minimum absolute atomic E-state index is 0.179. The Balaban J connectivity index is 2.48. The van der Waals surface area contributed by atoms with E-state index >= 15 is 0 Å². The third kappa shape index (κ3) is 1.70. The maximum Gasteiger partial charge on any atom is 0.336 e. The molecule has 1 heterocycles. The Kier molecular flexibility index (Phi) is 2.69. The van der Waals surface area contributed by atoms with E-state index in [4.69, 9.17) is 11.6 Å². The lowest BCUT2D eigenvalue weighted by molar-refractivity contribution is -0.134. The molecule has 1 aliphatic heterocycles. The lowest BCUT2D eigenvalue weighted by Gasteiger charge is -2.12. The van der Waals surface area contributed by atoms with Gasteiger partial charge in [-0.25, -0.2) is 9.69 Å². The molecule has 1 fully saturated rings. The molecule has 5 nitrogen and oxygen atoms in total. The molecule has 1 aromatic rings. The zero-order chi connectivity index (χ0) is 11.9. The number of anilines is 1. The zero-order valence-corrected chi connectivity index (χ0v) is 10.0. The van der Waals surface area contributed by atoms with Crippen LogP contribution in [-0.2, 0) is 9.59 Å². The number of imide groups is 2. The SMILES string of the molecule is O=C1NC(=O)N(c2ccc(Br)cc2Cl)C1=O. The van der Waals surface area contributed by atoms with Gasteiger partial charge in [-0.15, -0.1) is 0 Å². The van der Waals surface area contributed by atoms with Crippen molar-refractivity contribution in [1.82, 2.24) is 5.32 Å². The van der Waals surface area contributed by atoms with Crippen LogP contribution < -0.4 is 10.2 Å². The largest absolute Gasteiger partial charge is 0.336 e. The molecule has 2 rings (SSSR count). The van der Waals surface area contributed by atoms with Gasteiger partial charge in [0.25, 0.3) is 0 Å². The first kappa shape index (κ1) is 11.1. The van der Waals surface area contributed by atoms with Gasteiger partial charge in [-0.3, -0.25) is 14.9 Å². The lowest BCUT2D eigenvalue weighted by atomic mass is 10.3. The van der Waals surface area contributed by atoms with Crippen LogP contribution in [0, 0.1) is 0 Å². The Bertz CT molecular complexity index is 517. The number of halogens is 2. The maximum absolute atomic E-state index is 11.4. The summed E-state index contributed by atoms with van der Waals surface area (Å²) in [4.78, 5) is 34.4. The first-order valence-electron chi connectivity index (χ1n) is 4.15. The summed E-state index contributed by atoms with van der Waals surface area (Å²) < 4.78 is 0.708. The fourth-order valence-corrected chi connectivity index (χ4v) is 2.04. The molecule has 1 saturated heterocycles. The van der Waals surface area contributed by atoms with E-state index < -0.39 is 17.8 Å². The molecule has 7 heteroatoms. The van der Waals surface area contributed by atoms with Crippen LogP contribution in [0.2, 0.25) is 5.02 Å². The number of hydrogen-bond donors (Lipinski definition) is 1. The van der Waals surface area contributed by atoms with Crippen molar-refractivity contribution in [3.63, 3.8) is 0 Å². The van der Waals surface area contributed by atoms with Crippen LogP contribution in [0.25, 0.3) is 0 Å². The fourth-order valence-electron chi connectivity index (χ4n) is 1.28. The number of nitrogens with one attached hydrogen (secondary N) is 1. The zero-order valence-electron chi connectivity index (χ0n) is 7.66. The van der Waals surface area contributed by atoms with Gasteiger partial charge in [0.05, 0.1) is 10.7 Å². The molecule has 4 amide bonds. The van der Waals surface area contributed by atoms with Gasteiger partial charge in [-0.2, -0.15) is 0 Å². The van der Waals surface area contributed by atoms with Crippen LogP contribution in [0.15, 0.2) is 22.7 Å². The Morgan fingerprint density at radius 1 is 1.25 bits per heavy atom. The molecule has 1 aromatic carbocycles. The molecular formula is C9H4BrClN2O3. The summed E-state index contributed by atoms with van der Waals surface area (Å²) in [5, 5.41) is 2.09. The van der Waals surface area contributed by atoms with Crippen molar-refractivity contribution in [2.75, 3.05) is 4.90 Å². The van der Waals surface area contributed by atoms with Crippen molar-refractivity contribution in [3.8, 4) is 0 Å². The molecule has 82 valence electrons. The number of amides is 4. The van der Waals surface area contributed by atoms with E-state index in [1.165, 1.54) is 12.1 Å². The van der Waals surface area contributed by atoms with E-state index in [-0.39, 0.29) is 10.7 Å². The second kappa shape index (κ2) is 3.88. The molecule has 0 radical (unpaired) electrons. The summed E-state index contributed by atoms with van der Waals surface area (Å²) in [6.07, 6.45) is 0. The van der Waals surface area contributed by atoms with E-state index in [2.05, 4.69) is 15.9 Å². The quantitative estimate of drug-likeness (QED) is 0.634. The van der Waals surface area contributed by atoms with Gasteiger partial charge in [0.15, 0.2) is 0 Å². The van der Waals surface area contributed by atoms with Crippen LogP contribution in [0.5, 0.6) is 0 Å². The van der Waals surface area contributed by atoms with Gasteiger partial charge < -0.3 is 0 Å². The van der Waals surface area contributed by atoms with Crippen molar-refractivity contribution in [2.45, 2.75) is 0 Å². The van der Waals surface area contributed by atoms with Crippen molar-refractivity contribution in [2.24, 2.45) is 0 Å². The smallest absolute Gasteiger partial charge is 0.269 e. The molecule has 0 saturated carbocycles. The Labute approximate surface area is 103 Å². The van der Waals surface area contributed by atoms with Crippen LogP contribution >= 0.6 is 27.5 Å². The highest BCUT2D eigenvalue weighted by molar-refractivity contribution is 9.10. The minimum atomic E-state index is -0.955. The maximum atomic E-state index is 11.4. The number of carbonyl (C=O) groups excluding carboxylic acids is 3. The van der Waals surface area contributed by atoms with Crippen molar-refractivity contribution < 1.29 is 14.4 Å². The summed E-state index contributed by atoms with van der Waals surface area (Å²) in [6, 6.07) is 3.83. The average Bonchev–Trinajstić information content (AvgIpc) is 2.43. The third-order valence-electron chi connectivity index (χ3n) is 1.97. The molecule has 0 aliphatic carbocycles. The highest BCUT2D eigenvalue weighted by atomic mass is 79.9. The van der Waals surface area contributed by atoms with Gasteiger partial charge in [-0.1, -0.05) is 27.5 Å². The summed E-state index contributed by atoms with van der Waals surface area (Å²) in [6.45, 7) is 0. The summed E-state index contributed by atoms with van der Waals surface area (Å²) in [5.74, 6) is -1.89. The number of benzene rings is 1. The summed E-state index contributed by atoms with van der Waals surface area (Å²) in [7, 11) is 0. The van der Waals surface area contributed by atoms with Crippen molar-refractivity contribution in [3.05, 3.63) is 27.7 Å². The minimum Gasteiger partial charge on any atom is -0.269 e. The van der Waals surface area contributed by atoms with Gasteiger partial charge >= 0.3 is 17.8 Å². The molecule has 0 unspecified atom stereocenters. The Morgan fingerprint density at radius 3 is 2.44 bits per heavy atom. The second-order valence-corrected chi connectivity index (χ2v) is 4.32. The summed E-state index contributed by atoms with van der Waals surface area (Å²) in [5.41, 5.74) is 0.179. The predicted octanol–water partition coefficient (Wildman–Crippen LogP) is 1.69. The molecule has 1 N–H and O–H groups in total.